The lowest BCUT2D eigenvalue weighted by molar-refractivity contribution is -0.133. The zero-order valence-corrected chi connectivity index (χ0v) is 14.5. The van der Waals surface area contributed by atoms with E-state index in [4.69, 9.17) is 9.26 Å². The Bertz CT molecular complexity index is 870. The summed E-state index contributed by atoms with van der Waals surface area (Å²) in [6, 6.07) is 1.22. The number of piperidine rings is 1. The molecule has 0 aliphatic carbocycles. The molecule has 10 nitrogen and oxygen atoms in total. The molecular weight excluding hydrogens is 342 g/mol. The van der Waals surface area contributed by atoms with Crippen LogP contribution in [0.25, 0.3) is 0 Å². The molecule has 140 valence electrons. The van der Waals surface area contributed by atoms with Crippen LogP contribution in [-0.2, 0) is 22.5 Å². The third-order valence-electron chi connectivity index (χ3n) is 4.34. The summed E-state index contributed by atoms with van der Waals surface area (Å²) in [5.41, 5.74) is -1.09. The maximum Gasteiger partial charge on any atom is 0.328 e. The summed E-state index contributed by atoms with van der Waals surface area (Å²) < 4.78 is 11.5. The Kier molecular flexibility index (Phi) is 5.61. The fraction of sp³-hybridized carbons (Fsp3) is 0.562. The Morgan fingerprint density at radius 2 is 2.31 bits per heavy atom. The predicted octanol–water partition coefficient (Wildman–Crippen LogP) is -0.485. The van der Waals surface area contributed by atoms with Crippen LogP contribution in [0, 0.1) is 0 Å². The van der Waals surface area contributed by atoms with Gasteiger partial charge in [0.15, 0.2) is 5.82 Å². The Morgan fingerprint density at radius 3 is 3.08 bits per heavy atom. The molecule has 2 aromatic rings. The number of H-pyrrole nitrogens is 1. The van der Waals surface area contributed by atoms with Gasteiger partial charge in [-0.05, 0) is 12.8 Å². The molecule has 3 rings (SSSR count). The van der Waals surface area contributed by atoms with Gasteiger partial charge in [-0.3, -0.25) is 19.1 Å². The number of methoxy groups -OCH3 is 1. The van der Waals surface area contributed by atoms with E-state index in [1.807, 2.05) is 0 Å². The number of ether oxygens (including phenoxy) is 1. The first-order chi connectivity index (χ1) is 12.6. The molecule has 10 heteroatoms. The number of likely N-dealkylation sites (tertiary alicyclic amines) is 1. The topological polar surface area (TPSA) is 123 Å². The van der Waals surface area contributed by atoms with E-state index < -0.39 is 11.2 Å². The summed E-state index contributed by atoms with van der Waals surface area (Å²) in [6.45, 7) is 1.47. The minimum atomic E-state index is -0.598. The summed E-state index contributed by atoms with van der Waals surface area (Å²) in [7, 11) is 1.61. The average Bonchev–Trinajstić information content (AvgIpc) is 3.11. The van der Waals surface area contributed by atoms with E-state index in [1.54, 1.807) is 12.0 Å². The van der Waals surface area contributed by atoms with E-state index >= 15 is 0 Å². The summed E-state index contributed by atoms with van der Waals surface area (Å²) in [4.78, 5) is 43.6. The van der Waals surface area contributed by atoms with Crippen LogP contribution in [-0.4, -0.2) is 57.3 Å². The van der Waals surface area contributed by atoms with Gasteiger partial charge >= 0.3 is 5.69 Å². The normalized spacial score (nSPS) is 17.4. The van der Waals surface area contributed by atoms with Gasteiger partial charge in [0.2, 0.25) is 11.8 Å². The monoisotopic (exact) mass is 363 g/mol. The van der Waals surface area contributed by atoms with Crippen molar-refractivity contribution in [3.8, 4) is 0 Å². The van der Waals surface area contributed by atoms with Crippen LogP contribution in [0.1, 0.15) is 30.5 Å². The number of nitrogens with zero attached hydrogens (tertiary/aromatic N) is 4. The van der Waals surface area contributed by atoms with E-state index in [0.717, 1.165) is 12.8 Å². The quantitative estimate of drug-likeness (QED) is 0.735. The van der Waals surface area contributed by atoms with Crippen LogP contribution in [0.2, 0.25) is 0 Å². The van der Waals surface area contributed by atoms with E-state index in [0.29, 0.717) is 37.8 Å². The molecule has 1 N–H and O–H groups in total. The number of aromatic nitrogens is 4. The van der Waals surface area contributed by atoms with Crippen LogP contribution >= 0.6 is 0 Å². The molecule has 1 atom stereocenters. The van der Waals surface area contributed by atoms with Crippen molar-refractivity contribution in [2.24, 2.45) is 0 Å². The van der Waals surface area contributed by atoms with Gasteiger partial charge in [-0.25, -0.2) is 4.79 Å². The highest BCUT2D eigenvalue weighted by Gasteiger charge is 2.28. The van der Waals surface area contributed by atoms with Gasteiger partial charge in [0, 0.05) is 38.9 Å². The molecular formula is C16H21N5O5. The van der Waals surface area contributed by atoms with Crippen LogP contribution < -0.4 is 11.2 Å². The van der Waals surface area contributed by atoms with Crippen LogP contribution in [0.5, 0.6) is 0 Å². The first kappa shape index (κ1) is 18.1. The van der Waals surface area contributed by atoms with E-state index in [9.17, 15) is 14.4 Å². The predicted molar refractivity (Wildman–Crippen MR) is 89.8 cm³/mol. The Balaban J connectivity index is 1.64. The number of nitrogens with one attached hydrogen (secondary N) is 1. The second-order valence-electron chi connectivity index (χ2n) is 6.21. The van der Waals surface area contributed by atoms with Gasteiger partial charge in [0.25, 0.3) is 5.56 Å². The number of hydrogen-bond donors (Lipinski definition) is 1. The first-order valence-electron chi connectivity index (χ1n) is 8.46. The Hall–Kier alpha value is -2.75. The van der Waals surface area contributed by atoms with E-state index in [1.165, 1.54) is 16.8 Å². The zero-order valence-electron chi connectivity index (χ0n) is 14.5. The number of rotatable bonds is 6. The molecule has 26 heavy (non-hydrogen) atoms. The van der Waals surface area contributed by atoms with Crippen molar-refractivity contribution in [3.63, 3.8) is 0 Å². The van der Waals surface area contributed by atoms with Gasteiger partial charge in [-0.15, -0.1) is 0 Å². The number of hydrogen-bond acceptors (Lipinski definition) is 7. The number of carbonyl (C=O) groups excluding carboxylic acids is 1. The number of aromatic amines is 1. The Morgan fingerprint density at radius 1 is 1.46 bits per heavy atom. The lowest BCUT2D eigenvalue weighted by Gasteiger charge is -2.31. The van der Waals surface area contributed by atoms with Crippen LogP contribution in [0.4, 0.5) is 0 Å². The second-order valence-corrected chi connectivity index (χ2v) is 6.21. The molecule has 2 aromatic heterocycles. The van der Waals surface area contributed by atoms with Gasteiger partial charge in [0.05, 0.1) is 12.5 Å². The molecule has 0 bridgehead atoms. The maximum absolute atomic E-state index is 12.5. The summed E-state index contributed by atoms with van der Waals surface area (Å²) in [5, 5.41) is 3.94. The molecule has 1 aliphatic heterocycles. The molecule has 1 fully saturated rings. The maximum atomic E-state index is 12.5. The second kappa shape index (κ2) is 8.09. The van der Waals surface area contributed by atoms with E-state index in [-0.39, 0.29) is 18.4 Å². The highest BCUT2D eigenvalue weighted by molar-refractivity contribution is 5.76. The minimum Gasteiger partial charge on any atom is -0.384 e. The highest BCUT2D eigenvalue weighted by Crippen LogP contribution is 2.25. The van der Waals surface area contributed by atoms with Gasteiger partial charge in [0.1, 0.15) is 6.54 Å². The third kappa shape index (κ3) is 4.26. The molecule has 1 saturated heterocycles. The molecule has 0 aromatic carbocycles. The number of amides is 1. The lowest BCUT2D eigenvalue weighted by Crippen LogP contribution is -2.42. The largest absolute Gasteiger partial charge is 0.384 e. The Labute approximate surface area is 148 Å². The summed E-state index contributed by atoms with van der Waals surface area (Å²) in [6.07, 6.45) is 3.56. The first-order valence-corrected chi connectivity index (χ1v) is 8.46. The van der Waals surface area contributed by atoms with Crippen molar-refractivity contribution in [3.05, 3.63) is 44.8 Å². The lowest BCUT2D eigenvalue weighted by atomic mass is 9.98. The van der Waals surface area contributed by atoms with E-state index in [2.05, 4.69) is 15.1 Å². The van der Waals surface area contributed by atoms with Gasteiger partial charge in [-0.1, -0.05) is 5.16 Å². The van der Waals surface area contributed by atoms with Crippen molar-refractivity contribution in [2.75, 3.05) is 26.8 Å². The van der Waals surface area contributed by atoms with Crippen molar-refractivity contribution >= 4 is 5.91 Å². The minimum absolute atomic E-state index is 0.0243. The summed E-state index contributed by atoms with van der Waals surface area (Å²) >= 11 is 0. The van der Waals surface area contributed by atoms with Gasteiger partial charge in [-0.2, -0.15) is 4.98 Å². The molecule has 0 spiro atoms. The average molecular weight is 363 g/mol. The standard InChI is InChI=1S/C16H21N5O5/c1-25-8-5-12-17-15(26-19-12)11-3-2-6-20(9-11)14(23)10-21-7-4-13(22)18-16(21)24/h4,7,11H,2-3,5-6,8-10H2,1H3,(H,18,22,24)/t11-/m1/s1. The molecule has 0 saturated carbocycles. The van der Waals surface area contributed by atoms with Crippen molar-refractivity contribution in [1.29, 1.82) is 0 Å². The van der Waals surface area contributed by atoms with Crippen LogP contribution in [0.3, 0.4) is 0 Å². The van der Waals surface area contributed by atoms with Crippen LogP contribution in [0.15, 0.2) is 26.4 Å². The zero-order chi connectivity index (χ0) is 18.5. The molecule has 0 unspecified atom stereocenters. The molecule has 1 amide bonds. The van der Waals surface area contributed by atoms with Crippen molar-refractivity contribution < 1.29 is 14.1 Å². The highest BCUT2D eigenvalue weighted by atomic mass is 16.5. The van der Waals surface area contributed by atoms with Crippen molar-refractivity contribution in [1.82, 2.24) is 24.6 Å². The smallest absolute Gasteiger partial charge is 0.328 e. The van der Waals surface area contributed by atoms with Crippen molar-refractivity contribution in [2.45, 2.75) is 31.7 Å². The third-order valence-corrected chi connectivity index (χ3v) is 4.34. The summed E-state index contributed by atoms with van der Waals surface area (Å²) in [5.74, 6) is 0.895. The molecule has 1 aliphatic rings. The van der Waals surface area contributed by atoms with Gasteiger partial charge < -0.3 is 14.2 Å². The molecule has 3 heterocycles. The molecule has 0 radical (unpaired) electrons. The SMILES string of the molecule is COCCc1noc([C@@H]2CCCN(C(=O)Cn3ccc(=O)[nH]c3=O)C2)n1. The number of carbonyl (C=O) groups is 1. The fourth-order valence-corrected chi connectivity index (χ4v) is 2.95. The fourth-order valence-electron chi connectivity index (χ4n) is 2.95.